The number of benzene rings is 1. The van der Waals surface area contributed by atoms with Gasteiger partial charge in [0.25, 0.3) is 0 Å². The molecule has 1 aromatic carbocycles. The number of methoxy groups -OCH3 is 1. The van der Waals surface area contributed by atoms with Gasteiger partial charge < -0.3 is 15.4 Å². The van der Waals surface area contributed by atoms with Crippen LogP contribution in [-0.4, -0.2) is 20.8 Å². The van der Waals surface area contributed by atoms with Crippen LogP contribution >= 0.6 is 0 Å². The zero-order valence-corrected chi connectivity index (χ0v) is 10.2. The normalized spacial score (nSPS) is 10.3. The van der Waals surface area contributed by atoms with E-state index in [9.17, 15) is 0 Å². The van der Waals surface area contributed by atoms with Crippen molar-refractivity contribution in [3.63, 3.8) is 0 Å². The minimum atomic E-state index is 0.486. The first-order valence-corrected chi connectivity index (χ1v) is 5.09. The maximum atomic E-state index is 5.66. The summed E-state index contributed by atoms with van der Waals surface area (Å²) in [6.07, 6.45) is 0. The van der Waals surface area contributed by atoms with Crippen molar-refractivity contribution >= 4 is 5.69 Å². The molecule has 0 aliphatic carbocycles. The molecule has 0 atom stereocenters. The van der Waals surface area contributed by atoms with Crippen LogP contribution in [0, 0.1) is 20.8 Å². The average molecular weight is 208 g/mol. The fourth-order valence-electron chi connectivity index (χ4n) is 1.85. The largest absolute Gasteiger partial charge is 0.494 e. The van der Waals surface area contributed by atoms with Gasteiger partial charge in [0.1, 0.15) is 5.75 Å². The number of hydrogen-bond donors (Lipinski definition) is 1. The quantitative estimate of drug-likeness (QED) is 0.772. The van der Waals surface area contributed by atoms with E-state index in [0.29, 0.717) is 6.67 Å². The highest BCUT2D eigenvalue weighted by molar-refractivity contribution is 5.67. The second kappa shape index (κ2) is 4.53. The molecule has 0 aliphatic heterocycles. The first-order valence-electron chi connectivity index (χ1n) is 5.09. The van der Waals surface area contributed by atoms with Crippen LogP contribution in [-0.2, 0) is 0 Å². The summed E-state index contributed by atoms with van der Waals surface area (Å²) in [4.78, 5) is 2.00. The first kappa shape index (κ1) is 11.9. The predicted octanol–water partition coefficient (Wildman–Crippen LogP) is 1.97. The van der Waals surface area contributed by atoms with E-state index in [2.05, 4.69) is 26.8 Å². The molecule has 3 heteroatoms. The summed E-state index contributed by atoms with van der Waals surface area (Å²) in [7, 11) is 3.68. The van der Waals surface area contributed by atoms with Gasteiger partial charge in [-0.2, -0.15) is 0 Å². The number of aryl methyl sites for hydroxylation is 2. The van der Waals surface area contributed by atoms with Crippen LogP contribution in [0.4, 0.5) is 5.69 Å². The molecule has 0 fully saturated rings. The second-order valence-electron chi connectivity index (χ2n) is 3.90. The number of hydrogen-bond acceptors (Lipinski definition) is 3. The van der Waals surface area contributed by atoms with E-state index < -0.39 is 0 Å². The molecular weight excluding hydrogens is 188 g/mol. The van der Waals surface area contributed by atoms with Crippen LogP contribution < -0.4 is 15.4 Å². The molecule has 84 valence electrons. The molecule has 15 heavy (non-hydrogen) atoms. The van der Waals surface area contributed by atoms with E-state index in [0.717, 1.165) is 11.4 Å². The molecule has 1 rings (SSSR count). The van der Waals surface area contributed by atoms with Gasteiger partial charge in [-0.3, -0.25) is 0 Å². The van der Waals surface area contributed by atoms with E-state index in [-0.39, 0.29) is 0 Å². The zero-order valence-electron chi connectivity index (χ0n) is 10.2. The van der Waals surface area contributed by atoms with Crippen LogP contribution in [0.15, 0.2) is 6.07 Å². The fourth-order valence-corrected chi connectivity index (χ4v) is 1.85. The van der Waals surface area contributed by atoms with E-state index in [4.69, 9.17) is 10.5 Å². The SMILES string of the molecule is COc1c(C)c(C)cc(C)c1N(C)CN. The first-order chi connectivity index (χ1) is 7.02. The summed E-state index contributed by atoms with van der Waals surface area (Å²) in [6, 6.07) is 2.17. The number of nitrogens with two attached hydrogens (primary N) is 1. The lowest BCUT2D eigenvalue weighted by Gasteiger charge is -2.24. The topological polar surface area (TPSA) is 38.5 Å². The van der Waals surface area contributed by atoms with Crippen molar-refractivity contribution in [1.29, 1.82) is 0 Å². The van der Waals surface area contributed by atoms with Crippen LogP contribution in [0.25, 0.3) is 0 Å². The smallest absolute Gasteiger partial charge is 0.145 e. The highest BCUT2D eigenvalue weighted by Crippen LogP contribution is 2.35. The zero-order chi connectivity index (χ0) is 11.6. The Morgan fingerprint density at radius 3 is 2.33 bits per heavy atom. The Morgan fingerprint density at radius 2 is 1.87 bits per heavy atom. The summed E-state index contributed by atoms with van der Waals surface area (Å²) in [6.45, 7) is 6.73. The lowest BCUT2D eigenvalue weighted by molar-refractivity contribution is 0.411. The third-order valence-corrected chi connectivity index (χ3v) is 2.81. The highest BCUT2D eigenvalue weighted by atomic mass is 16.5. The van der Waals surface area contributed by atoms with Crippen molar-refractivity contribution in [2.75, 3.05) is 25.7 Å². The lowest BCUT2D eigenvalue weighted by atomic mass is 10.0. The van der Waals surface area contributed by atoms with Gasteiger partial charge in [0, 0.05) is 7.05 Å². The Morgan fingerprint density at radius 1 is 1.27 bits per heavy atom. The Kier molecular flexibility index (Phi) is 3.58. The standard InChI is InChI=1S/C12H20N2O/c1-8-6-9(2)11(14(4)7-13)12(15-5)10(8)3/h6H,7,13H2,1-5H3. The molecule has 2 N–H and O–H groups in total. The molecule has 0 amide bonds. The molecule has 0 bridgehead atoms. The number of nitrogens with zero attached hydrogens (tertiary/aromatic N) is 1. The van der Waals surface area contributed by atoms with Crippen molar-refractivity contribution in [2.45, 2.75) is 20.8 Å². The van der Waals surface area contributed by atoms with Gasteiger partial charge >= 0.3 is 0 Å². The predicted molar refractivity (Wildman–Crippen MR) is 64.7 cm³/mol. The third kappa shape index (κ3) is 2.07. The maximum absolute atomic E-state index is 5.66. The van der Waals surface area contributed by atoms with Gasteiger partial charge in [-0.25, -0.2) is 0 Å². The van der Waals surface area contributed by atoms with Crippen LogP contribution in [0.5, 0.6) is 5.75 Å². The van der Waals surface area contributed by atoms with Gasteiger partial charge in [-0.1, -0.05) is 6.07 Å². The maximum Gasteiger partial charge on any atom is 0.145 e. The molecule has 0 heterocycles. The highest BCUT2D eigenvalue weighted by Gasteiger charge is 2.14. The molecule has 0 saturated carbocycles. The molecule has 3 nitrogen and oxygen atoms in total. The molecule has 0 aliphatic rings. The van der Waals surface area contributed by atoms with Gasteiger partial charge in [-0.05, 0) is 37.5 Å². The van der Waals surface area contributed by atoms with Crippen LogP contribution in [0.2, 0.25) is 0 Å². The lowest BCUT2D eigenvalue weighted by Crippen LogP contribution is -2.26. The number of anilines is 1. The minimum absolute atomic E-state index is 0.486. The molecule has 1 aromatic rings. The Hall–Kier alpha value is -1.22. The summed E-state index contributed by atoms with van der Waals surface area (Å²) in [5, 5.41) is 0. The number of ether oxygens (including phenoxy) is 1. The van der Waals surface area contributed by atoms with E-state index in [1.807, 2.05) is 11.9 Å². The molecule has 0 unspecified atom stereocenters. The molecular formula is C12H20N2O. The molecule has 0 radical (unpaired) electrons. The Labute approximate surface area is 91.8 Å². The van der Waals surface area contributed by atoms with Crippen molar-refractivity contribution in [3.05, 3.63) is 22.8 Å². The van der Waals surface area contributed by atoms with E-state index in [1.54, 1.807) is 7.11 Å². The van der Waals surface area contributed by atoms with E-state index in [1.165, 1.54) is 16.7 Å². The van der Waals surface area contributed by atoms with Gasteiger partial charge in [0.15, 0.2) is 0 Å². The summed E-state index contributed by atoms with van der Waals surface area (Å²) >= 11 is 0. The van der Waals surface area contributed by atoms with Crippen molar-refractivity contribution in [1.82, 2.24) is 0 Å². The van der Waals surface area contributed by atoms with Gasteiger partial charge in [0.2, 0.25) is 0 Å². The Bertz CT molecular complexity index is 361. The molecule has 0 saturated heterocycles. The van der Waals surface area contributed by atoms with Crippen LogP contribution in [0.1, 0.15) is 16.7 Å². The van der Waals surface area contributed by atoms with Crippen LogP contribution in [0.3, 0.4) is 0 Å². The Balaban J connectivity index is 3.41. The third-order valence-electron chi connectivity index (χ3n) is 2.81. The number of rotatable bonds is 3. The van der Waals surface area contributed by atoms with Crippen molar-refractivity contribution < 1.29 is 4.74 Å². The molecule has 0 aromatic heterocycles. The summed E-state index contributed by atoms with van der Waals surface area (Å²) in [5.41, 5.74) is 10.4. The minimum Gasteiger partial charge on any atom is -0.494 e. The van der Waals surface area contributed by atoms with E-state index >= 15 is 0 Å². The van der Waals surface area contributed by atoms with Crippen molar-refractivity contribution in [3.8, 4) is 5.75 Å². The summed E-state index contributed by atoms with van der Waals surface area (Å²) < 4.78 is 5.46. The fraction of sp³-hybridized carbons (Fsp3) is 0.500. The average Bonchev–Trinajstić information content (AvgIpc) is 2.21. The molecule has 0 spiro atoms. The monoisotopic (exact) mass is 208 g/mol. The van der Waals surface area contributed by atoms with Gasteiger partial charge in [-0.15, -0.1) is 0 Å². The van der Waals surface area contributed by atoms with Crippen molar-refractivity contribution in [2.24, 2.45) is 5.73 Å². The second-order valence-corrected chi connectivity index (χ2v) is 3.90. The summed E-state index contributed by atoms with van der Waals surface area (Å²) in [5.74, 6) is 0.931. The van der Waals surface area contributed by atoms with Gasteiger partial charge in [0.05, 0.1) is 19.5 Å².